The standard InChI is InChI=1S/C79H64N4/c1-53-17-29-61(30-18-53)81(62-31-19-54(2)20-32-62)68-42-46-72-71-45-41-67(80(59-13-9-7-10-14-59)60-15-11-8-12-16-60)49-75(71)79(76(72)50-68)77-51-69(82(63-33-21-55(3)22-34-63)64-35-23-56(4)24-36-64)43-47-73(77)74-48-44-70(52-78(74)79)83(65-37-25-57(5)26-38-65)66-39-27-58(6)28-40-66/h7-52H,1-6H3. The van der Waals surface area contributed by atoms with Crippen molar-refractivity contribution in [3.63, 3.8) is 0 Å². The van der Waals surface area contributed by atoms with Gasteiger partial charge in [0.15, 0.2) is 0 Å². The zero-order valence-electron chi connectivity index (χ0n) is 47.8. The third-order valence-corrected chi connectivity index (χ3v) is 17.0. The SMILES string of the molecule is Cc1ccc(N(c2ccc(C)cc2)c2ccc3c(c2)C2(c4cc(N(c5ccccc5)c5ccccc5)ccc4-3)c3cc(N(c4ccc(C)cc4)c4ccc(C)cc4)ccc3-c3ccc(N(c4ccc(C)cc4)c4ccc(C)cc4)cc32)cc1. The molecule has 0 bridgehead atoms. The van der Waals surface area contributed by atoms with Crippen LogP contribution in [0.3, 0.4) is 0 Å². The molecular weight excluding hydrogens is 1000 g/mol. The van der Waals surface area contributed by atoms with Crippen LogP contribution in [0.2, 0.25) is 0 Å². The molecular formula is C79H64N4. The third-order valence-electron chi connectivity index (χ3n) is 17.0. The van der Waals surface area contributed by atoms with E-state index in [2.05, 4.69) is 340 Å². The highest BCUT2D eigenvalue weighted by Gasteiger charge is 2.53. The lowest BCUT2D eigenvalue weighted by Crippen LogP contribution is -2.27. The molecule has 0 aliphatic heterocycles. The van der Waals surface area contributed by atoms with Gasteiger partial charge in [-0.3, -0.25) is 0 Å². The number of para-hydroxylation sites is 2. The van der Waals surface area contributed by atoms with Gasteiger partial charge in [-0.05, 0) is 232 Å². The van der Waals surface area contributed by atoms with Crippen molar-refractivity contribution in [2.45, 2.75) is 47.0 Å². The van der Waals surface area contributed by atoms with Gasteiger partial charge in [-0.1, -0.05) is 167 Å². The number of hydrogen-bond acceptors (Lipinski definition) is 4. The third kappa shape index (κ3) is 8.95. The van der Waals surface area contributed by atoms with Crippen molar-refractivity contribution in [2.24, 2.45) is 0 Å². The number of benzene rings is 12. The van der Waals surface area contributed by atoms with E-state index in [0.29, 0.717) is 0 Å². The maximum Gasteiger partial charge on any atom is 0.0728 e. The van der Waals surface area contributed by atoms with Crippen molar-refractivity contribution >= 4 is 68.2 Å². The summed E-state index contributed by atoms with van der Waals surface area (Å²) in [4.78, 5) is 9.72. The molecule has 0 unspecified atom stereocenters. The Kier molecular flexibility index (Phi) is 12.7. The number of rotatable bonds is 12. The van der Waals surface area contributed by atoms with Gasteiger partial charge in [0.05, 0.1) is 5.41 Å². The first-order valence-corrected chi connectivity index (χ1v) is 28.9. The molecule has 4 nitrogen and oxygen atoms in total. The molecule has 0 radical (unpaired) electrons. The average molecular weight is 1070 g/mol. The van der Waals surface area contributed by atoms with E-state index in [1.54, 1.807) is 0 Å². The van der Waals surface area contributed by atoms with Crippen LogP contribution in [0.4, 0.5) is 68.2 Å². The molecule has 0 heterocycles. The van der Waals surface area contributed by atoms with Crippen LogP contribution in [0.5, 0.6) is 0 Å². The van der Waals surface area contributed by atoms with E-state index in [-0.39, 0.29) is 0 Å². The minimum Gasteiger partial charge on any atom is -0.310 e. The molecule has 0 fully saturated rings. The first-order valence-electron chi connectivity index (χ1n) is 28.9. The fraction of sp³-hybridized carbons (Fsp3) is 0.0886. The molecule has 1 spiro atoms. The molecule has 12 aromatic rings. The minimum atomic E-state index is -0.836. The van der Waals surface area contributed by atoms with Gasteiger partial charge in [0, 0.05) is 68.2 Å². The summed E-state index contributed by atoms with van der Waals surface area (Å²) < 4.78 is 0. The second-order valence-corrected chi connectivity index (χ2v) is 22.7. The van der Waals surface area contributed by atoms with Crippen molar-refractivity contribution in [3.8, 4) is 22.3 Å². The second kappa shape index (κ2) is 20.7. The first-order chi connectivity index (χ1) is 40.6. The van der Waals surface area contributed by atoms with Crippen LogP contribution in [-0.4, -0.2) is 0 Å². The lowest BCUT2D eigenvalue weighted by Gasteiger charge is -2.35. The lowest BCUT2D eigenvalue weighted by atomic mass is 9.70. The topological polar surface area (TPSA) is 13.0 Å². The Morgan fingerprint density at radius 1 is 0.181 bits per heavy atom. The molecule has 2 aliphatic carbocycles. The largest absolute Gasteiger partial charge is 0.310 e. The molecule has 83 heavy (non-hydrogen) atoms. The van der Waals surface area contributed by atoms with Crippen molar-refractivity contribution in [3.05, 3.63) is 335 Å². The van der Waals surface area contributed by atoms with Crippen LogP contribution < -0.4 is 19.6 Å². The Labute approximate surface area is 489 Å². The van der Waals surface area contributed by atoms with Gasteiger partial charge in [-0.25, -0.2) is 0 Å². The zero-order chi connectivity index (χ0) is 56.3. The number of aryl methyl sites for hydroxylation is 6. The van der Waals surface area contributed by atoms with Crippen LogP contribution in [0.25, 0.3) is 22.3 Å². The number of hydrogen-bond donors (Lipinski definition) is 0. The monoisotopic (exact) mass is 1070 g/mol. The van der Waals surface area contributed by atoms with Crippen molar-refractivity contribution in [1.29, 1.82) is 0 Å². The van der Waals surface area contributed by atoms with E-state index in [1.165, 1.54) is 77.9 Å². The van der Waals surface area contributed by atoms with E-state index in [1.807, 2.05) is 0 Å². The van der Waals surface area contributed by atoms with Gasteiger partial charge in [0.2, 0.25) is 0 Å². The molecule has 0 saturated heterocycles. The predicted molar refractivity (Wildman–Crippen MR) is 350 cm³/mol. The summed E-state index contributed by atoms with van der Waals surface area (Å²) in [5, 5.41) is 0. The van der Waals surface area contributed by atoms with Crippen molar-refractivity contribution in [1.82, 2.24) is 0 Å². The van der Waals surface area contributed by atoms with Crippen LogP contribution in [-0.2, 0) is 5.41 Å². The molecule has 0 amide bonds. The normalized spacial score (nSPS) is 12.3. The van der Waals surface area contributed by atoms with Gasteiger partial charge in [0.1, 0.15) is 0 Å². The number of nitrogens with zero attached hydrogens (tertiary/aromatic N) is 4. The smallest absolute Gasteiger partial charge is 0.0728 e. The molecule has 4 heteroatoms. The van der Waals surface area contributed by atoms with Crippen LogP contribution in [0.15, 0.2) is 279 Å². The molecule has 12 aromatic carbocycles. The molecule has 400 valence electrons. The van der Waals surface area contributed by atoms with Gasteiger partial charge in [-0.2, -0.15) is 0 Å². The Balaban J connectivity index is 1.10. The summed E-state index contributed by atoms with van der Waals surface area (Å²) in [7, 11) is 0. The summed E-state index contributed by atoms with van der Waals surface area (Å²) in [6, 6.07) is 104. The van der Waals surface area contributed by atoms with Crippen LogP contribution >= 0.6 is 0 Å². The second-order valence-electron chi connectivity index (χ2n) is 22.7. The summed E-state index contributed by atoms with van der Waals surface area (Å²) in [5.74, 6) is 0. The fourth-order valence-electron chi connectivity index (χ4n) is 12.8. The Morgan fingerprint density at radius 2 is 0.349 bits per heavy atom. The summed E-state index contributed by atoms with van der Waals surface area (Å²) in [6.07, 6.45) is 0. The van der Waals surface area contributed by atoms with E-state index >= 15 is 0 Å². The van der Waals surface area contributed by atoms with E-state index in [9.17, 15) is 0 Å². The molecule has 2 aliphatic rings. The number of anilines is 12. The average Bonchev–Trinajstić information content (AvgIpc) is 2.17. The summed E-state index contributed by atoms with van der Waals surface area (Å²) >= 11 is 0. The van der Waals surface area contributed by atoms with Gasteiger partial charge >= 0.3 is 0 Å². The maximum atomic E-state index is 2.52. The summed E-state index contributed by atoms with van der Waals surface area (Å²) in [6.45, 7) is 13.0. The maximum absolute atomic E-state index is 2.52. The van der Waals surface area contributed by atoms with Gasteiger partial charge in [-0.15, -0.1) is 0 Å². The molecule has 0 aromatic heterocycles. The van der Waals surface area contributed by atoms with Gasteiger partial charge in [0.25, 0.3) is 0 Å². The van der Waals surface area contributed by atoms with Crippen LogP contribution in [0.1, 0.15) is 55.6 Å². The first kappa shape index (κ1) is 51.0. The Hall–Kier alpha value is -10.2. The minimum absolute atomic E-state index is 0.836. The molecule has 14 rings (SSSR count). The predicted octanol–water partition coefficient (Wildman–Crippen LogP) is 21.8. The molecule has 0 saturated carbocycles. The molecule has 0 atom stereocenters. The lowest BCUT2D eigenvalue weighted by molar-refractivity contribution is 0.793. The van der Waals surface area contributed by atoms with Crippen molar-refractivity contribution < 1.29 is 0 Å². The highest BCUT2D eigenvalue weighted by Crippen LogP contribution is 2.65. The summed E-state index contributed by atoms with van der Waals surface area (Å²) in [5.41, 5.74) is 29.4. The van der Waals surface area contributed by atoms with Crippen molar-refractivity contribution in [2.75, 3.05) is 19.6 Å². The van der Waals surface area contributed by atoms with Crippen LogP contribution in [0, 0.1) is 41.5 Å². The molecule has 0 N–H and O–H groups in total. The highest BCUT2D eigenvalue weighted by molar-refractivity contribution is 6.00. The van der Waals surface area contributed by atoms with Gasteiger partial charge < -0.3 is 19.6 Å². The van der Waals surface area contributed by atoms with E-state index in [4.69, 9.17) is 0 Å². The zero-order valence-corrected chi connectivity index (χ0v) is 47.8. The Bertz CT molecular complexity index is 3870. The quantitative estimate of drug-likeness (QED) is 0.121. The van der Waals surface area contributed by atoms with E-state index in [0.717, 1.165) is 68.2 Å². The highest BCUT2D eigenvalue weighted by atomic mass is 15.2. The number of fused-ring (bicyclic) bond motifs is 10. The Morgan fingerprint density at radius 3 is 0.542 bits per heavy atom. The fourth-order valence-corrected chi connectivity index (χ4v) is 12.8. The van der Waals surface area contributed by atoms with E-state index < -0.39 is 5.41 Å².